The minimum absolute atomic E-state index is 0.0540. The summed E-state index contributed by atoms with van der Waals surface area (Å²) < 4.78 is 1.05. The number of nitrogens with two attached hydrogens (primary N) is 1. The minimum atomic E-state index is 0.0540. The third-order valence-electron chi connectivity index (χ3n) is 2.92. The van der Waals surface area contributed by atoms with Gasteiger partial charge in [-0.1, -0.05) is 47.8 Å². The van der Waals surface area contributed by atoms with Gasteiger partial charge in [0.05, 0.1) is 11.2 Å². The highest BCUT2D eigenvalue weighted by molar-refractivity contribution is 9.10. The van der Waals surface area contributed by atoms with Crippen LogP contribution in [0.15, 0.2) is 34.8 Å². The topological polar surface area (TPSA) is 38.9 Å². The van der Waals surface area contributed by atoms with Gasteiger partial charge < -0.3 is 5.73 Å². The van der Waals surface area contributed by atoms with Gasteiger partial charge in [0.25, 0.3) is 0 Å². The highest BCUT2D eigenvalue weighted by Crippen LogP contribution is 2.21. The first-order chi connectivity index (χ1) is 8.20. The van der Waals surface area contributed by atoms with Gasteiger partial charge in [-0.3, -0.25) is 4.98 Å². The zero-order valence-electron chi connectivity index (χ0n) is 9.99. The molecule has 0 saturated carbocycles. The normalized spacial score (nSPS) is 12.9. The van der Waals surface area contributed by atoms with Gasteiger partial charge in [-0.15, -0.1) is 0 Å². The number of pyridine rings is 1. The molecule has 17 heavy (non-hydrogen) atoms. The standard InChI is InChI=1S/C14H17BrN2/c1-2-3-4-12(16)13-8-6-10-5-7-11(15)9-14(10)17-13/h5-9,12H,2-4,16H2,1H3. The molecule has 90 valence electrons. The third kappa shape index (κ3) is 3.05. The molecule has 0 bridgehead atoms. The molecule has 0 saturated heterocycles. The van der Waals surface area contributed by atoms with Gasteiger partial charge in [-0.2, -0.15) is 0 Å². The fourth-order valence-electron chi connectivity index (χ4n) is 1.88. The summed E-state index contributed by atoms with van der Waals surface area (Å²) in [6, 6.07) is 10.3. The van der Waals surface area contributed by atoms with Crippen LogP contribution in [0.1, 0.15) is 37.9 Å². The SMILES string of the molecule is CCCCC(N)c1ccc2ccc(Br)cc2n1. The Balaban J connectivity index is 2.30. The Kier molecular flexibility index (Phi) is 4.13. The first-order valence-electron chi connectivity index (χ1n) is 6.02. The lowest BCUT2D eigenvalue weighted by atomic mass is 10.1. The molecular weight excluding hydrogens is 276 g/mol. The Hall–Kier alpha value is -0.930. The largest absolute Gasteiger partial charge is 0.323 e. The summed E-state index contributed by atoms with van der Waals surface area (Å²) in [7, 11) is 0. The van der Waals surface area contributed by atoms with Gasteiger partial charge >= 0.3 is 0 Å². The Morgan fingerprint density at radius 2 is 2.06 bits per heavy atom. The number of unbranched alkanes of at least 4 members (excludes halogenated alkanes) is 1. The number of benzene rings is 1. The van der Waals surface area contributed by atoms with Gasteiger partial charge in [0, 0.05) is 15.9 Å². The fraction of sp³-hybridized carbons (Fsp3) is 0.357. The molecule has 1 heterocycles. The molecule has 0 aliphatic rings. The van der Waals surface area contributed by atoms with E-state index in [4.69, 9.17) is 5.73 Å². The van der Waals surface area contributed by atoms with Crippen LogP contribution in [-0.2, 0) is 0 Å². The molecular formula is C14H17BrN2. The van der Waals surface area contributed by atoms with Gasteiger partial charge in [0.2, 0.25) is 0 Å². The van der Waals surface area contributed by atoms with E-state index in [-0.39, 0.29) is 6.04 Å². The zero-order valence-corrected chi connectivity index (χ0v) is 11.6. The molecule has 3 heteroatoms. The van der Waals surface area contributed by atoms with Crippen molar-refractivity contribution in [1.82, 2.24) is 4.98 Å². The molecule has 2 N–H and O–H groups in total. The Bertz CT molecular complexity index is 511. The molecule has 0 radical (unpaired) electrons. The minimum Gasteiger partial charge on any atom is -0.323 e. The van der Waals surface area contributed by atoms with Gasteiger partial charge in [-0.25, -0.2) is 0 Å². The molecule has 1 aromatic heterocycles. The molecule has 0 spiro atoms. The maximum Gasteiger partial charge on any atom is 0.0717 e. The van der Waals surface area contributed by atoms with Crippen molar-refractivity contribution in [3.05, 3.63) is 40.5 Å². The van der Waals surface area contributed by atoms with E-state index in [2.05, 4.69) is 40.0 Å². The predicted molar refractivity (Wildman–Crippen MR) is 75.9 cm³/mol. The number of rotatable bonds is 4. The van der Waals surface area contributed by atoms with Crippen molar-refractivity contribution in [2.75, 3.05) is 0 Å². The highest BCUT2D eigenvalue weighted by Gasteiger charge is 2.07. The summed E-state index contributed by atoms with van der Waals surface area (Å²) in [5, 5.41) is 1.15. The number of fused-ring (bicyclic) bond motifs is 1. The van der Waals surface area contributed by atoms with E-state index in [0.29, 0.717) is 0 Å². The lowest BCUT2D eigenvalue weighted by molar-refractivity contribution is 0.592. The first kappa shape index (κ1) is 12.5. The second-order valence-corrected chi connectivity index (χ2v) is 5.24. The average molecular weight is 293 g/mol. The Morgan fingerprint density at radius 3 is 2.82 bits per heavy atom. The summed E-state index contributed by atoms with van der Waals surface area (Å²) in [5.41, 5.74) is 8.13. The molecule has 1 aromatic carbocycles. The van der Waals surface area contributed by atoms with Crippen LogP contribution < -0.4 is 5.73 Å². The van der Waals surface area contributed by atoms with E-state index >= 15 is 0 Å². The lowest BCUT2D eigenvalue weighted by Gasteiger charge is -2.11. The maximum absolute atomic E-state index is 6.14. The van der Waals surface area contributed by atoms with E-state index in [1.807, 2.05) is 18.2 Å². The van der Waals surface area contributed by atoms with Crippen LogP contribution in [0.3, 0.4) is 0 Å². The van der Waals surface area contributed by atoms with Crippen LogP contribution in [0.5, 0.6) is 0 Å². The maximum atomic E-state index is 6.14. The first-order valence-corrected chi connectivity index (χ1v) is 6.82. The van der Waals surface area contributed by atoms with Crippen molar-refractivity contribution in [3.8, 4) is 0 Å². The van der Waals surface area contributed by atoms with Gasteiger partial charge in [-0.05, 0) is 24.6 Å². The van der Waals surface area contributed by atoms with Crippen LogP contribution in [0.4, 0.5) is 0 Å². The van der Waals surface area contributed by atoms with Crippen LogP contribution >= 0.6 is 15.9 Å². The molecule has 2 nitrogen and oxygen atoms in total. The molecule has 0 aliphatic carbocycles. The van der Waals surface area contributed by atoms with Crippen molar-refractivity contribution in [2.45, 2.75) is 32.2 Å². The van der Waals surface area contributed by atoms with E-state index in [9.17, 15) is 0 Å². The van der Waals surface area contributed by atoms with Crippen LogP contribution in [0.25, 0.3) is 10.9 Å². The third-order valence-corrected chi connectivity index (χ3v) is 3.42. The van der Waals surface area contributed by atoms with Crippen molar-refractivity contribution < 1.29 is 0 Å². The molecule has 0 fully saturated rings. The van der Waals surface area contributed by atoms with Crippen LogP contribution in [-0.4, -0.2) is 4.98 Å². The Morgan fingerprint density at radius 1 is 1.29 bits per heavy atom. The predicted octanol–water partition coefficient (Wildman–Crippen LogP) is 4.19. The quantitative estimate of drug-likeness (QED) is 0.918. The summed E-state index contributed by atoms with van der Waals surface area (Å²) in [5.74, 6) is 0. The summed E-state index contributed by atoms with van der Waals surface area (Å²) in [6.45, 7) is 2.18. The number of hydrogen-bond donors (Lipinski definition) is 1. The molecule has 1 unspecified atom stereocenters. The molecule has 0 amide bonds. The number of hydrogen-bond acceptors (Lipinski definition) is 2. The molecule has 0 aliphatic heterocycles. The molecule has 2 rings (SSSR count). The van der Waals surface area contributed by atoms with E-state index in [1.54, 1.807) is 0 Å². The van der Waals surface area contributed by atoms with Crippen molar-refractivity contribution >= 4 is 26.8 Å². The summed E-state index contributed by atoms with van der Waals surface area (Å²) >= 11 is 3.46. The van der Waals surface area contributed by atoms with E-state index in [0.717, 1.165) is 33.9 Å². The van der Waals surface area contributed by atoms with Gasteiger partial charge in [0.1, 0.15) is 0 Å². The number of halogens is 1. The van der Waals surface area contributed by atoms with Crippen molar-refractivity contribution in [3.63, 3.8) is 0 Å². The highest BCUT2D eigenvalue weighted by atomic mass is 79.9. The summed E-state index contributed by atoms with van der Waals surface area (Å²) in [6.07, 6.45) is 3.33. The Labute approximate surface area is 110 Å². The average Bonchev–Trinajstić information content (AvgIpc) is 2.35. The van der Waals surface area contributed by atoms with E-state index in [1.165, 1.54) is 6.42 Å². The number of aromatic nitrogens is 1. The van der Waals surface area contributed by atoms with Crippen molar-refractivity contribution in [1.29, 1.82) is 0 Å². The van der Waals surface area contributed by atoms with Crippen molar-refractivity contribution in [2.24, 2.45) is 5.73 Å². The molecule has 1 atom stereocenters. The van der Waals surface area contributed by atoms with Gasteiger partial charge in [0.15, 0.2) is 0 Å². The second kappa shape index (κ2) is 5.61. The smallest absolute Gasteiger partial charge is 0.0717 e. The monoisotopic (exact) mass is 292 g/mol. The van der Waals surface area contributed by atoms with Crippen LogP contribution in [0, 0.1) is 0 Å². The van der Waals surface area contributed by atoms with E-state index < -0.39 is 0 Å². The summed E-state index contributed by atoms with van der Waals surface area (Å²) in [4.78, 5) is 4.63. The number of nitrogens with zero attached hydrogens (tertiary/aromatic N) is 1. The second-order valence-electron chi connectivity index (χ2n) is 4.32. The van der Waals surface area contributed by atoms with Crippen LogP contribution in [0.2, 0.25) is 0 Å². The fourth-order valence-corrected chi connectivity index (χ4v) is 2.23. The zero-order chi connectivity index (χ0) is 12.3. The molecule has 2 aromatic rings. The lowest BCUT2D eigenvalue weighted by Crippen LogP contribution is -2.11.